The third kappa shape index (κ3) is 4.63. The van der Waals surface area contributed by atoms with E-state index in [1.54, 1.807) is 41.3 Å². The molecule has 0 bridgehead atoms. The SMILES string of the molecule is COc1ccccc1NC(=O)CCNS(=O)(=O)c1ccc2c(c1)C[C@H](C)N2C(C)=O. The number of sulfonamides is 1. The second kappa shape index (κ2) is 8.85. The Hall–Kier alpha value is -2.91. The Balaban J connectivity index is 1.62. The van der Waals surface area contributed by atoms with E-state index in [1.807, 2.05) is 6.92 Å². The van der Waals surface area contributed by atoms with Gasteiger partial charge in [-0.05, 0) is 49.2 Å². The summed E-state index contributed by atoms with van der Waals surface area (Å²) >= 11 is 0. The number of amides is 2. The molecular weight excluding hydrogens is 406 g/mol. The highest BCUT2D eigenvalue weighted by atomic mass is 32.2. The molecule has 0 saturated heterocycles. The quantitative estimate of drug-likeness (QED) is 0.700. The molecule has 1 atom stereocenters. The molecule has 1 aliphatic heterocycles. The lowest BCUT2D eigenvalue weighted by Gasteiger charge is -2.20. The van der Waals surface area contributed by atoms with Crippen LogP contribution in [0.1, 0.15) is 25.8 Å². The molecule has 0 aliphatic carbocycles. The minimum absolute atomic E-state index is 0.0120. The van der Waals surface area contributed by atoms with E-state index in [4.69, 9.17) is 4.74 Å². The summed E-state index contributed by atoms with van der Waals surface area (Å²) in [6.45, 7) is 3.37. The molecule has 160 valence electrons. The van der Waals surface area contributed by atoms with Gasteiger partial charge in [0.15, 0.2) is 0 Å². The number of benzene rings is 2. The van der Waals surface area contributed by atoms with Crippen LogP contribution in [0.2, 0.25) is 0 Å². The smallest absolute Gasteiger partial charge is 0.240 e. The summed E-state index contributed by atoms with van der Waals surface area (Å²) < 4.78 is 32.9. The van der Waals surface area contributed by atoms with E-state index >= 15 is 0 Å². The second-order valence-electron chi connectivity index (χ2n) is 7.13. The number of nitrogens with zero attached hydrogens (tertiary/aromatic N) is 1. The lowest BCUT2D eigenvalue weighted by atomic mass is 10.1. The van der Waals surface area contributed by atoms with Crippen molar-refractivity contribution in [3.05, 3.63) is 48.0 Å². The van der Waals surface area contributed by atoms with Crippen molar-refractivity contribution in [2.24, 2.45) is 0 Å². The molecule has 3 rings (SSSR count). The average molecular weight is 432 g/mol. The van der Waals surface area contributed by atoms with E-state index in [9.17, 15) is 18.0 Å². The summed E-state index contributed by atoms with van der Waals surface area (Å²) in [5, 5.41) is 2.71. The number of carbonyl (C=O) groups is 2. The molecule has 1 aliphatic rings. The third-order valence-corrected chi connectivity index (χ3v) is 6.40. The highest BCUT2D eigenvalue weighted by Crippen LogP contribution is 2.33. The van der Waals surface area contributed by atoms with Gasteiger partial charge in [0.1, 0.15) is 5.75 Å². The first-order chi connectivity index (χ1) is 14.2. The van der Waals surface area contributed by atoms with Crippen LogP contribution < -0.4 is 19.7 Å². The number of rotatable bonds is 7. The van der Waals surface area contributed by atoms with Crippen LogP contribution in [0.25, 0.3) is 0 Å². The maximum Gasteiger partial charge on any atom is 0.240 e. The molecule has 0 aromatic heterocycles. The maximum absolute atomic E-state index is 12.6. The zero-order chi connectivity index (χ0) is 21.9. The van der Waals surface area contributed by atoms with Crippen LogP contribution in [0, 0.1) is 0 Å². The van der Waals surface area contributed by atoms with Crippen LogP contribution in [0.3, 0.4) is 0 Å². The Kier molecular flexibility index (Phi) is 6.42. The maximum atomic E-state index is 12.6. The number of para-hydroxylation sites is 2. The minimum Gasteiger partial charge on any atom is -0.495 e. The highest BCUT2D eigenvalue weighted by Gasteiger charge is 2.30. The first-order valence-corrected chi connectivity index (χ1v) is 11.1. The molecule has 1 heterocycles. The Morgan fingerprint density at radius 3 is 2.63 bits per heavy atom. The molecular formula is C21H25N3O5S. The Bertz CT molecular complexity index is 1070. The van der Waals surface area contributed by atoms with Crippen LogP contribution in [-0.4, -0.2) is 39.9 Å². The van der Waals surface area contributed by atoms with Crippen LogP contribution in [-0.2, 0) is 26.0 Å². The van der Waals surface area contributed by atoms with E-state index in [2.05, 4.69) is 10.0 Å². The van der Waals surface area contributed by atoms with Gasteiger partial charge in [-0.3, -0.25) is 9.59 Å². The molecule has 0 unspecified atom stereocenters. The fourth-order valence-electron chi connectivity index (χ4n) is 3.60. The summed E-state index contributed by atoms with van der Waals surface area (Å²) in [7, 11) is -2.27. The molecule has 2 amide bonds. The molecule has 0 radical (unpaired) electrons. The Labute approximate surface area is 176 Å². The van der Waals surface area contributed by atoms with Gasteiger partial charge < -0.3 is 15.0 Å². The zero-order valence-corrected chi connectivity index (χ0v) is 18.0. The van der Waals surface area contributed by atoms with Crippen LogP contribution in [0.5, 0.6) is 5.75 Å². The second-order valence-corrected chi connectivity index (χ2v) is 8.90. The van der Waals surface area contributed by atoms with Gasteiger partial charge in [-0.2, -0.15) is 0 Å². The van der Waals surface area contributed by atoms with Gasteiger partial charge in [-0.1, -0.05) is 12.1 Å². The van der Waals surface area contributed by atoms with Crippen LogP contribution in [0.4, 0.5) is 11.4 Å². The van der Waals surface area contributed by atoms with Crippen molar-refractivity contribution in [1.29, 1.82) is 0 Å². The van der Waals surface area contributed by atoms with Crippen LogP contribution >= 0.6 is 0 Å². The molecule has 0 saturated carbocycles. The molecule has 2 aromatic carbocycles. The molecule has 2 N–H and O–H groups in total. The largest absolute Gasteiger partial charge is 0.495 e. The summed E-state index contributed by atoms with van der Waals surface area (Å²) in [5.41, 5.74) is 2.08. The monoisotopic (exact) mass is 431 g/mol. The zero-order valence-electron chi connectivity index (χ0n) is 17.1. The predicted octanol–water partition coefficient (Wildman–Crippen LogP) is 2.30. The fraction of sp³-hybridized carbons (Fsp3) is 0.333. The number of hydrogen-bond donors (Lipinski definition) is 2. The number of ether oxygens (including phenoxy) is 1. The topological polar surface area (TPSA) is 105 Å². The molecule has 9 heteroatoms. The van der Waals surface area contributed by atoms with Crippen LogP contribution in [0.15, 0.2) is 47.4 Å². The third-order valence-electron chi connectivity index (χ3n) is 4.94. The van der Waals surface area contributed by atoms with Gasteiger partial charge >= 0.3 is 0 Å². The van der Waals surface area contributed by atoms with E-state index < -0.39 is 10.0 Å². The first kappa shape index (κ1) is 21.8. The van der Waals surface area contributed by atoms with Gasteiger partial charge in [0.05, 0.1) is 17.7 Å². The molecule has 30 heavy (non-hydrogen) atoms. The standard InChI is InChI=1S/C21H25N3O5S/c1-14-12-16-13-17(8-9-19(16)24(14)15(2)25)30(27,28)22-11-10-21(26)23-18-6-4-5-7-20(18)29-3/h4-9,13-14,22H,10-12H2,1-3H3,(H,23,26)/t14-/m0/s1. The summed E-state index contributed by atoms with van der Waals surface area (Å²) in [6, 6.07) is 11.7. The van der Waals surface area contributed by atoms with E-state index in [0.717, 1.165) is 11.3 Å². The highest BCUT2D eigenvalue weighted by molar-refractivity contribution is 7.89. The summed E-state index contributed by atoms with van der Waals surface area (Å²) in [6.07, 6.45) is 0.566. The van der Waals surface area contributed by atoms with Gasteiger partial charge in [0.2, 0.25) is 21.8 Å². The normalized spacial score (nSPS) is 15.6. The number of carbonyl (C=O) groups excluding carboxylic acids is 2. The number of fused-ring (bicyclic) bond motifs is 1. The molecule has 8 nitrogen and oxygen atoms in total. The fourth-order valence-corrected chi connectivity index (χ4v) is 4.68. The molecule has 0 spiro atoms. The number of hydrogen-bond acceptors (Lipinski definition) is 5. The number of anilines is 2. The molecule has 2 aromatic rings. The lowest BCUT2D eigenvalue weighted by Crippen LogP contribution is -2.33. The minimum atomic E-state index is -3.78. The average Bonchev–Trinajstić information content (AvgIpc) is 3.03. The van der Waals surface area contributed by atoms with Crippen molar-refractivity contribution < 1.29 is 22.7 Å². The van der Waals surface area contributed by atoms with Gasteiger partial charge in [0, 0.05) is 31.6 Å². The number of methoxy groups -OCH3 is 1. The van der Waals surface area contributed by atoms with Crippen molar-refractivity contribution in [2.45, 2.75) is 37.6 Å². The molecule has 0 fully saturated rings. The predicted molar refractivity (Wildman–Crippen MR) is 114 cm³/mol. The first-order valence-electron chi connectivity index (χ1n) is 9.58. The Morgan fingerprint density at radius 2 is 1.93 bits per heavy atom. The van der Waals surface area contributed by atoms with Gasteiger partial charge in [-0.25, -0.2) is 13.1 Å². The number of nitrogens with one attached hydrogen (secondary N) is 2. The Morgan fingerprint density at radius 1 is 1.20 bits per heavy atom. The van der Waals surface area contributed by atoms with Gasteiger partial charge in [-0.15, -0.1) is 0 Å². The lowest BCUT2D eigenvalue weighted by molar-refractivity contribution is -0.117. The summed E-state index contributed by atoms with van der Waals surface area (Å²) in [5.74, 6) is 0.122. The van der Waals surface area contributed by atoms with Crippen molar-refractivity contribution in [3.63, 3.8) is 0 Å². The van der Waals surface area contributed by atoms with E-state index in [0.29, 0.717) is 17.9 Å². The summed E-state index contributed by atoms with van der Waals surface area (Å²) in [4.78, 5) is 25.8. The van der Waals surface area contributed by atoms with E-state index in [1.165, 1.54) is 20.1 Å². The van der Waals surface area contributed by atoms with E-state index in [-0.39, 0.29) is 35.7 Å². The van der Waals surface area contributed by atoms with Crippen molar-refractivity contribution in [1.82, 2.24) is 4.72 Å². The van der Waals surface area contributed by atoms with Crippen molar-refractivity contribution >= 4 is 33.2 Å². The van der Waals surface area contributed by atoms with Crippen molar-refractivity contribution in [2.75, 3.05) is 23.9 Å². The van der Waals surface area contributed by atoms with Crippen molar-refractivity contribution in [3.8, 4) is 5.75 Å². The van der Waals surface area contributed by atoms with Gasteiger partial charge in [0.25, 0.3) is 0 Å².